The number of nitriles is 1. The van der Waals surface area contributed by atoms with Gasteiger partial charge >= 0.3 is 0 Å². The lowest BCUT2D eigenvalue weighted by atomic mass is 10.2. The molecule has 2 rings (SSSR count). The lowest BCUT2D eigenvalue weighted by molar-refractivity contribution is -0.127. The summed E-state index contributed by atoms with van der Waals surface area (Å²) in [5.74, 6) is -0.590. The fourth-order valence-corrected chi connectivity index (χ4v) is 2.65. The van der Waals surface area contributed by atoms with Crippen LogP contribution in [0.5, 0.6) is 0 Å². The van der Waals surface area contributed by atoms with Gasteiger partial charge in [0.05, 0.1) is 6.54 Å². The molecule has 1 amide bonds. The lowest BCUT2D eigenvalue weighted by Crippen LogP contribution is -2.49. The van der Waals surface area contributed by atoms with Crippen molar-refractivity contribution < 1.29 is 18.7 Å². The molecule has 0 saturated carbocycles. The number of carbonyl (C=O) groups excluding carboxylic acids is 1. The second kappa shape index (κ2) is 9.75. The van der Waals surface area contributed by atoms with Crippen LogP contribution in [0.4, 0.5) is 10.1 Å². The topological polar surface area (TPSA) is 77.8 Å². The Balaban J connectivity index is 1.89. The minimum absolute atomic E-state index is 0.0335. The maximum Gasteiger partial charge on any atom is 0.266 e. The first kappa shape index (κ1) is 19.7. The van der Waals surface area contributed by atoms with Gasteiger partial charge in [-0.3, -0.25) is 4.79 Å². The predicted molar refractivity (Wildman–Crippen MR) is 94.7 cm³/mol. The van der Waals surface area contributed by atoms with E-state index in [1.54, 1.807) is 17.0 Å². The van der Waals surface area contributed by atoms with Crippen LogP contribution in [0.25, 0.3) is 0 Å². The number of ether oxygens (including phenoxy) is 2. The standard InChI is InChI=1S/C18H23FN4O3/c1-25-17(26-2)13-21-12-14(11-20)18(24)23-9-7-22(8-10-23)16-5-3-15(19)4-6-16/h3-6,12,17,21H,7-10,13H2,1-2H3/b14-12-. The number of halogens is 1. The van der Waals surface area contributed by atoms with Crippen LogP contribution in [-0.2, 0) is 14.3 Å². The van der Waals surface area contributed by atoms with Crippen LogP contribution < -0.4 is 10.2 Å². The van der Waals surface area contributed by atoms with Gasteiger partial charge in [-0.1, -0.05) is 0 Å². The van der Waals surface area contributed by atoms with E-state index in [9.17, 15) is 14.4 Å². The second-order valence-corrected chi connectivity index (χ2v) is 5.73. The molecule has 26 heavy (non-hydrogen) atoms. The Kier molecular flexibility index (Phi) is 7.38. The van der Waals surface area contributed by atoms with Crippen LogP contribution in [0.2, 0.25) is 0 Å². The fraction of sp³-hybridized carbons (Fsp3) is 0.444. The largest absolute Gasteiger partial charge is 0.385 e. The summed E-state index contributed by atoms with van der Waals surface area (Å²) in [6.07, 6.45) is 0.931. The highest BCUT2D eigenvalue weighted by Gasteiger charge is 2.24. The Morgan fingerprint density at radius 3 is 2.42 bits per heavy atom. The highest BCUT2D eigenvalue weighted by molar-refractivity contribution is 5.97. The Labute approximate surface area is 152 Å². The summed E-state index contributed by atoms with van der Waals surface area (Å²) in [4.78, 5) is 16.2. The average Bonchev–Trinajstić information content (AvgIpc) is 2.68. The molecule has 1 fully saturated rings. The molecule has 0 atom stereocenters. The number of piperazine rings is 1. The molecule has 1 heterocycles. The van der Waals surface area contributed by atoms with Crippen molar-refractivity contribution in [1.29, 1.82) is 5.26 Å². The van der Waals surface area contributed by atoms with Gasteiger partial charge in [-0.25, -0.2) is 4.39 Å². The van der Waals surface area contributed by atoms with E-state index in [1.165, 1.54) is 32.6 Å². The molecule has 0 unspecified atom stereocenters. The van der Waals surface area contributed by atoms with Crippen molar-refractivity contribution in [2.45, 2.75) is 6.29 Å². The molecule has 1 N–H and O–H groups in total. The number of methoxy groups -OCH3 is 2. The second-order valence-electron chi connectivity index (χ2n) is 5.73. The van der Waals surface area contributed by atoms with Gasteiger partial charge in [0.1, 0.15) is 17.5 Å². The lowest BCUT2D eigenvalue weighted by Gasteiger charge is -2.36. The minimum Gasteiger partial charge on any atom is -0.385 e. The highest BCUT2D eigenvalue weighted by atomic mass is 19.1. The Hall–Kier alpha value is -2.63. The summed E-state index contributed by atoms with van der Waals surface area (Å²) in [6.45, 7) is 2.56. The van der Waals surface area contributed by atoms with Crippen LogP contribution in [0.15, 0.2) is 36.0 Å². The number of amides is 1. The molecule has 7 nitrogen and oxygen atoms in total. The molecule has 0 spiro atoms. The third kappa shape index (κ3) is 5.18. The number of rotatable bonds is 7. The zero-order chi connectivity index (χ0) is 18.9. The maximum absolute atomic E-state index is 13.0. The van der Waals surface area contributed by atoms with Gasteiger partial charge in [-0.15, -0.1) is 0 Å². The summed E-state index contributed by atoms with van der Waals surface area (Å²) in [7, 11) is 3.02. The number of anilines is 1. The molecule has 0 aliphatic carbocycles. The molecule has 1 aliphatic rings. The van der Waals surface area contributed by atoms with Crippen molar-refractivity contribution in [2.75, 3.05) is 51.8 Å². The summed E-state index contributed by atoms with van der Waals surface area (Å²) < 4.78 is 23.1. The first-order valence-corrected chi connectivity index (χ1v) is 8.28. The third-order valence-corrected chi connectivity index (χ3v) is 4.17. The van der Waals surface area contributed by atoms with Gasteiger partial charge in [-0.2, -0.15) is 5.26 Å². The quantitative estimate of drug-likeness (QED) is 0.444. The van der Waals surface area contributed by atoms with Gasteiger partial charge in [-0.05, 0) is 24.3 Å². The summed E-state index contributed by atoms with van der Waals surface area (Å²) >= 11 is 0. The van der Waals surface area contributed by atoms with Crippen LogP contribution >= 0.6 is 0 Å². The average molecular weight is 362 g/mol. The number of nitrogens with zero attached hydrogens (tertiary/aromatic N) is 3. The molecule has 8 heteroatoms. The first-order chi connectivity index (χ1) is 12.6. The van der Waals surface area contributed by atoms with Gasteiger partial charge < -0.3 is 24.6 Å². The summed E-state index contributed by atoms with van der Waals surface area (Å²) in [6, 6.07) is 8.21. The molecule has 1 aromatic rings. The van der Waals surface area contributed by atoms with Crippen molar-refractivity contribution in [1.82, 2.24) is 10.2 Å². The molecule has 140 valence electrons. The van der Waals surface area contributed by atoms with Gasteiger partial charge in [0, 0.05) is 52.3 Å². The Bertz CT molecular complexity index is 660. The number of hydrogen-bond acceptors (Lipinski definition) is 6. The number of hydrogen-bond donors (Lipinski definition) is 1. The van der Waals surface area contributed by atoms with Crippen LogP contribution in [0.1, 0.15) is 0 Å². The molecule has 0 aromatic heterocycles. The van der Waals surface area contributed by atoms with Gasteiger partial charge in [0.2, 0.25) is 0 Å². The number of benzene rings is 1. The zero-order valence-corrected chi connectivity index (χ0v) is 14.9. The van der Waals surface area contributed by atoms with Crippen LogP contribution in [-0.4, -0.2) is 64.0 Å². The molecule has 0 radical (unpaired) electrons. The molecule has 1 saturated heterocycles. The Morgan fingerprint density at radius 1 is 1.27 bits per heavy atom. The van der Waals surface area contributed by atoms with E-state index in [-0.39, 0.29) is 17.3 Å². The van der Waals surface area contributed by atoms with Crippen molar-refractivity contribution in [3.05, 3.63) is 41.9 Å². The van der Waals surface area contributed by atoms with Crippen molar-refractivity contribution in [3.63, 3.8) is 0 Å². The fourth-order valence-electron chi connectivity index (χ4n) is 2.65. The van der Waals surface area contributed by atoms with E-state index < -0.39 is 6.29 Å². The SMILES string of the molecule is COC(CN/C=C(/C#N)C(=O)N1CCN(c2ccc(F)cc2)CC1)OC. The van der Waals surface area contributed by atoms with E-state index in [1.807, 2.05) is 6.07 Å². The molecule has 1 aliphatic heterocycles. The molecule has 0 bridgehead atoms. The van der Waals surface area contributed by atoms with Crippen LogP contribution in [0, 0.1) is 17.1 Å². The normalized spacial score (nSPS) is 15.1. The van der Waals surface area contributed by atoms with E-state index in [0.717, 1.165) is 5.69 Å². The minimum atomic E-state index is -0.458. The van der Waals surface area contributed by atoms with Gasteiger partial charge in [0.25, 0.3) is 5.91 Å². The van der Waals surface area contributed by atoms with Crippen molar-refractivity contribution in [3.8, 4) is 6.07 Å². The molecular formula is C18H23FN4O3. The zero-order valence-electron chi connectivity index (χ0n) is 14.9. The smallest absolute Gasteiger partial charge is 0.266 e. The third-order valence-electron chi connectivity index (χ3n) is 4.17. The summed E-state index contributed by atoms with van der Waals surface area (Å²) in [5.41, 5.74) is 0.951. The highest BCUT2D eigenvalue weighted by Crippen LogP contribution is 2.17. The number of nitrogens with one attached hydrogen (secondary N) is 1. The maximum atomic E-state index is 13.0. The van der Waals surface area contributed by atoms with E-state index >= 15 is 0 Å². The number of carbonyl (C=O) groups is 1. The predicted octanol–water partition coefficient (Wildman–Crippen LogP) is 1.09. The Morgan fingerprint density at radius 2 is 1.88 bits per heavy atom. The van der Waals surface area contributed by atoms with Crippen LogP contribution in [0.3, 0.4) is 0 Å². The van der Waals surface area contributed by atoms with Crippen molar-refractivity contribution in [2.24, 2.45) is 0 Å². The van der Waals surface area contributed by atoms with E-state index in [2.05, 4.69) is 10.2 Å². The van der Waals surface area contributed by atoms with Gasteiger partial charge in [0.15, 0.2) is 6.29 Å². The molecular weight excluding hydrogens is 339 g/mol. The van der Waals surface area contributed by atoms with E-state index in [4.69, 9.17) is 9.47 Å². The summed E-state index contributed by atoms with van der Waals surface area (Å²) in [5, 5.41) is 12.1. The first-order valence-electron chi connectivity index (χ1n) is 8.28. The molecule has 1 aromatic carbocycles. The van der Waals surface area contributed by atoms with E-state index in [0.29, 0.717) is 32.7 Å². The monoisotopic (exact) mass is 362 g/mol. The van der Waals surface area contributed by atoms with Crippen molar-refractivity contribution >= 4 is 11.6 Å².